The lowest BCUT2D eigenvalue weighted by molar-refractivity contribution is 0.0522. The Morgan fingerprint density at radius 1 is 1.00 bits per heavy atom. The number of carbonyl (C=O) groups excluding carboxylic acids is 2. The van der Waals surface area contributed by atoms with Crippen molar-refractivity contribution in [2.75, 3.05) is 11.9 Å². The summed E-state index contributed by atoms with van der Waals surface area (Å²) in [6.45, 7) is 1.98. The number of ether oxygens (including phenoxy) is 1. The molecular weight excluding hydrogens is 354 g/mol. The average Bonchev–Trinajstić information content (AvgIpc) is 2.74. The summed E-state index contributed by atoms with van der Waals surface area (Å²) in [5, 5.41) is 3.40. The molecule has 1 N–H and O–H groups in total. The van der Waals surface area contributed by atoms with Gasteiger partial charge in [-0.15, -0.1) is 0 Å². The van der Waals surface area contributed by atoms with Gasteiger partial charge in [-0.05, 0) is 43.3 Å². The van der Waals surface area contributed by atoms with Gasteiger partial charge in [0.1, 0.15) is 0 Å². The van der Waals surface area contributed by atoms with Gasteiger partial charge in [-0.3, -0.25) is 14.8 Å². The molecule has 0 aliphatic carbocycles. The number of nitrogens with zero attached hydrogens (tertiary/aromatic N) is 2. The molecular formula is C22H19N3O3. The van der Waals surface area contributed by atoms with Gasteiger partial charge in [0.25, 0.3) is 0 Å². The third kappa shape index (κ3) is 3.13. The lowest BCUT2D eigenvalue weighted by atomic mass is 9.80. The van der Waals surface area contributed by atoms with Gasteiger partial charge >= 0.3 is 5.97 Å². The molecule has 1 aliphatic rings. The molecule has 0 fully saturated rings. The van der Waals surface area contributed by atoms with Crippen molar-refractivity contribution in [1.29, 1.82) is 0 Å². The van der Waals surface area contributed by atoms with Crippen LogP contribution in [0.2, 0.25) is 0 Å². The molecule has 3 aromatic rings. The fourth-order valence-electron chi connectivity index (χ4n) is 3.54. The number of esters is 1. The van der Waals surface area contributed by atoms with Crippen LogP contribution in [0.1, 0.15) is 51.0 Å². The molecule has 3 heterocycles. The van der Waals surface area contributed by atoms with Crippen LogP contribution in [0.25, 0.3) is 0 Å². The second kappa shape index (κ2) is 7.60. The molecule has 6 heteroatoms. The zero-order chi connectivity index (χ0) is 19.5. The molecule has 0 radical (unpaired) electrons. The molecule has 2 atom stereocenters. The maximum atomic E-state index is 13.6. The molecule has 0 bridgehead atoms. The number of pyridine rings is 2. The van der Waals surface area contributed by atoms with Crippen molar-refractivity contribution in [3.05, 3.63) is 89.5 Å². The number of benzene rings is 1. The van der Waals surface area contributed by atoms with E-state index in [1.165, 1.54) is 0 Å². The summed E-state index contributed by atoms with van der Waals surface area (Å²) in [4.78, 5) is 34.9. The SMILES string of the molecule is CCOC(=O)c1cccc2c1C(=O)C(c1ccccn1)C(c1ccccn1)N2. The number of aromatic nitrogens is 2. The quantitative estimate of drug-likeness (QED) is 0.701. The van der Waals surface area contributed by atoms with Gasteiger partial charge in [0.2, 0.25) is 0 Å². The van der Waals surface area contributed by atoms with E-state index in [0.717, 1.165) is 5.69 Å². The third-order valence-corrected chi connectivity index (χ3v) is 4.75. The van der Waals surface area contributed by atoms with Crippen LogP contribution >= 0.6 is 0 Å². The predicted molar refractivity (Wildman–Crippen MR) is 104 cm³/mol. The molecule has 28 heavy (non-hydrogen) atoms. The first-order chi connectivity index (χ1) is 13.7. The molecule has 2 aromatic heterocycles. The van der Waals surface area contributed by atoms with Crippen LogP contribution in [-0.2, 0) is 4.74 Å². The van der Waals surface area contributed by atoms with Gasteiger partial charge < -0.3 is 10.1 Å². The number of fused-ring (bicyclic) bond motifs is 1. The minimum Gasteiger partial charge on any atom is -0.462 e. The van der Waals surface area contributed by atoms with Crippen LogP contribution in [0.15, 0.2) is 67.0 Å². The first-order valence-corrected chi connectivity index (χ1v) is 9.13. The Bertz CT molecular complexity index is 1010. The molecule has 1 aromatic carbocycles. The third-order valence-electron chi connectivity index (χ3n) is 4.75. The molecule has 140 valence electrons. The van der Waals surface area contributed by atoms with E-state index < -0.39 is 17.9 Å². The van der Waals surface area contributed by atoms with Crippen LogP contribution in [0.3, 0.4) is 0 Å². The molecule has 6 nitrogen and oxygen atoms in total. The fraction of sp³-hybridized carbons (Fsp3) is 0.182. The zero-order valence-electron chi connectivity index (χ0n) is 15.3. The van der Waals surface area contributed by atoms with E-state index >= 15 is 0 Å². The van der Waals surface area contributed by atoms with Crippen LogP contribution < -0.4 is 5.32 Å². The molecule has 0 saturated carbocycles. The Kier molecular flexibility index (Phi) is 4.85. The largest absolute Gasteiger partial charge is 0.462 e. The van der Waals surface area contributed by atoms with Crippen molar-refractivity contribution in [3.8, 4) is 0 Å². The molecule has 0 spiro atoms. The highest BCUT2D eigenvalue weighted by molar-refractivity contribution is 6.14. The highest BCUT2D eigenvalue weighted by Crippen LogP contribution is 2.42. The van der Waals surface area contributed by atoms with Gasteiger partial charge in [-0.2, -0.15) is 0 Å². The van der Waals surface area contributed by atoms with E-state index in [9.17, 15) is 9.59 Å². The maximum Gasteiger partial charge on any atom is 0.338 e. The normalized spacial score (nSPS) is 18.1. The first kappa shape index (κ1) is 17.9. The second-order valence-electron chi connectivity index (χ2n) is 6.42. The highest BCUT2D eigenvalue weighted by atomic mass is 16.5. The van der Waals surface area contributed by atoms with Crippen LogP contribution in [0, 0.1) is 0 Å². The Hall–Kier alpha value is -3.54. The Balaban J connectivity index is 1.87. The average molecular weight is 373 g/mol. The van der Waals surface area contributed by atoms with Crippen LogP contribution in [-0.4, -0.2) is 28.3 Å². The zero-order valence-corrected chi connectivity index (χ0v) is 15.3. The number of ketones is 1. The molecule has 4 rings (SSSR count). The summed E-state index contributed by atoms with van der Waals surface area (Å²) in [5.41, 5.74) is 2.55. The van der Waals surface area contributed by atoms with Gasteiger partial charge in [0.05, 0.1) is 41.1 Å². The smallest absolute Gasteiger partial charge is 0.338 e. The van der Waals surface area contributed by atoms with Crippen molar-refractivity contribution < 1.29 is 14.3 Å². The second-order valence-corrected chi connectivity index (χ2v) is 6.42. The number of carbonyl (C=O) groups is 2. The van der Waals surface area contributed by atoms with E-state index in [-0.39, 0.29) is 18.0 Å². The predicted octanol–water partition coefficient (Wildman–Crippen LogP) is 3.79. The van der Waals surface area contributed by atoms with E-state index in [1.54, 1.807) is 43.6 Å². The fourth-order valence-corrected chi connectivity index (χ4v) is 3.54. The first-order valence-electron chi connectivity index (χ1n) is 9.13. The van der Waals surface area contributed by atoms with E-state index in [0.29, 0.717) is 16.9 Å². The summed E-state index contributed by atoms with van der Waals surface area (Å²) in [7, 11) is 0. The summed E-state index contributed by atoms with van der Waals surface area (Å²) < 4.78 is 5.15. The van der Waals surface area contributed by atoms with E-state index in [1.807, 2.05) is 30.3 Å². The summed E-state index contributed by atoms with van der Waals surface area (Å²) in [6, 6.07) is 15.8. The van der Waals surface area contributed by atoms with Crippen molar-refractivity contribution in [1.82, 2.24) is 9.97 Å². The number of anilines is 1. The van der Waals surface area contributed by atoms with E-state index in [2.05, 4.69) is 15.3 Å². The Morgan fingerprint density at radius 2 is 1.71 bits per heavy atom. The van der Waals surface area contributed by atoms with Gasteiger partial charge in [-0.1, -0.05) is 18.2 Å². The monoisotopic (exact) mass is 373 g/mol. The van der Waals surface area contributed by atoms with Gasteiger partial charge in [0.15, 0.2) is 5.78 Å². The molecule has 2 unspecified atom stereocenters. The highest BCUT2D eigenvalue weighted by Gasteiger charge is 2.41. The minimum absolute atomic E-state index is 0.174. The number of rotatable bonds is 4. The summed E-state index contributed by atoms with van der Waals surface area (Å²) in [6.07, 6.45) is 3.35. The number of hydrogen-bond donors (Lipinski definition) is 1. The lowest BCUT2D eigenvalue weighted by Crippen LogP contribution is -2.34. The number of Topliss-reactive ketones (excluding diaryl/α,β-unsaturated/α-hetero) is 1. The Labute approximate surface area is 162 Å². The topological polar surface area (TPSA) is 81.2 Å². The molecule has 0 amide bonds. The van der Waals surface area contributed by atoms with Gasteiger partial charge in [-0.25, -0.2) is 4.79 Å². The molecule has 0 saturated heterocycles. The van der Waals surface area contributed by atoms with Crippen molar-refractivity contribution in [2.24, 2.45) is 0 Å². The number of nitrogens with one attached hydrogen (secondary N) is 1. The summed E-state index contributed by atoms with van der Waals surface area (Å²) >= 11 is 0. The molecule has 1 aliphatic heterocycles. The minimum atomic E-state index is -0.612. The maximum absolute atomic E-state index is 13.6. The van der Waals surface area contributed by atoms with Crippen molar-refractivity contribution in [2.45, 2.75) is 18.9 Å². The van der Waals surface area contributed by atoms with E-state index in [4.69, 9.17) is 4.74 Å². The summed E-state index contributed by atoms with van der Waals surface area (Å²) in [5.74, 6) is -1.29. The standard InChI is InChI=1S/C22H19N3O3/c1-2-28-22(27)14-8-7-11-16-18(14)21(26)19(15-9-3-5-12-23-15)20(25-16)17-10-4-6-13-24-17/h3-13,19-20,25H,2H2,1H3. The van der Waals surface area contributed by atoms with Gasteiger partial charge in [0, 0.05) is 18.1 Å². The van der Waals surface area contributed by atoms with Crippen molar-refractivity contribution in [3.63, 3.8) is 0 Å². The lowest BCUT2D eigenvalue weighted by Gasteiger charge is -2.33. The Morgan fingerprint density at radius 3 is 2.36 bits per heavy atom. The van der Waals surface area contributed by atoms with Crippen molar-refractivity contribution >= 4 is 17.4 Å². The van der Waals surface area contributed by atoms with Crippen LogP contribution in [0.5, 0.6) is 0 Å². The van der Waals surface area contributed by atoms with Crippen LogP contribution in [0.4, 0.5) is 5.69 Å². The number of hydrogen-bond acceptors (Lipinski definition) is 6.